The van der Waals surface area contributed by atoms with Gasteiger partial charge in [0.2, 0.25) is 5.91 Å². The van der Waals surface area contributed by atoms with Crippen LogP contribution in [0.3, 0.4) is 0 Å². The number of thiophene rings is 1. The Morgan fingerprint density at radius 3 is 2.81 bits per heavy atom. The molecule has 1 atom stereocenters. The van der Waals surface area contributed by atoms with E-state index in [1.54, 1.807) is 11.3 Å². The number of nitrogens with one attached hydrogen (secondary N) is 1. The highest BCUT2D eigenvalue weighted by molar-refractivity contribution is 7.10. The quantitative estimate of drug-likeness (QED) is 0.868. The number of carbonyl (C=O) groups excluding carboxylic acids is 1. The zero-order valence-electron chi connectivity index (χ0n) is 13.3. The number of amides is 1. The van der Waals surface area contributed by atoms with Gasteiger partial charge < -0.3 is 5.32 Å². The van der Waals surface area contributed by atoms with Crippen LogP contribution in [0.1, 0.15) is 49.5 Å². The molecule has 2 rings (SSSR count). The van der Waals surface area contributed by atoms with Gasteiger partial charge in [0.15, 0.2) is 0 Å². The minimum atomic E-state index is 0. The maximum absolute atomic E-state index is 12.6. The van der Waals surface area contributed by atoms with E-state index in [0.717, 1.165) is 25.2 Å². The van der Waals surface area contributed by atoms with Gasteiger partial charge in [-0.3, -0.25) is 9.69 Å². The first-order chi connectivity index (χ1) is 9.63. The smallest absolute Gasteiger partial charge is 0.241 e. The summed E-state index contributed by atoms with van der Waals surface area (Å²) in [4.78, 5) is 16.2. The molecular formula is C16H27ClN2OS. The first-order valence-corrected chi connectivity index (χ1v) is 8.61. The fourth-order valence-electron chi connectivity index (χ4n) is 2.88. The Morgan fingerprint density at radius 1 is 1.43 bits per heavy atom. The second kappa shape index (κ2) is 8.76. The molecule has 1 aliphatic rings. The predicted octanol–water partition coefficient (Wildman–Crippen LogP) is 4.38. The van der Waals surface area contributed by atoms with Crippen molar-refractivity contribution < 1.29 is 4.79 Å². The van der Waals surface area contributed by atoms with E-state index in [1.807, 2.05) is 0 Å². The molecule has 1 saturated heterocycles. The average molecular weight is 331 g/mol. The maximum Gasteiger partial charge on any atom is 0.241 e. The van der Waals surface area contributed by atoms with Crippen molar-refractivity contribution in [2.75, 3.05) is 18.4 Å². The van der Waals surface area contributed by atoms with E-state index in [0.29, 0.717) is 0 Å². The van der Waals surface area contributed by atoms with Crippen molar-refractivity contribution >= 4 is 35.3 Å². The number of aryl methyl sites for hydroxylation is 2. The van der Waals surface area contributed by atoms with Crippen molar-refractivity contribution in [1.82, 2.24) is 4.90 Å². The lowest BCUT2D eigenvalue weighted by molar-refractivity contribution is -0.122. The van der Waals surface area contributed by atoms with Crippen LogP contribution in [-0.2, 0) is 4.79 Å². The summed E-state index contributed by atoms with van der Waals surface area (Å²) in [5.41, 5.74) is 2.21. The second-order valence-corrected chi connectivity index (χ2v) is 6.82. The van der Waals surface area contributed by atoms with Gasteiger partial charge in [-0.25, -0.2) is 0 Å². The standard InChI is InChI=1S/C16H26N2OS.ClH/c1-4-5-9-18-10-7-6-8-14(18)16(19)17-15-12(2)11-20-13(15)3;/h11,14H,4-10H2,1-3H3,(H,17,19);1H/t14-;/m0./s1. The lowest BCUT2D eigenvalue weighted by Gasteiger charge is -2.34. The number of halogens is 1. The van der Waals surface area contributed by atoms with Gasteiger partial charge in [0.05, 0.1) is 11.7 Å². The van der Waals surface area contributed by atoms with E-state index in [9.17, 15) is 4.79 Å². The van der Waals surface area contributed by atoms with Gasteiger partial charge in [-0.15, -0.1) is 23.7 Å². The van der Waals surface area contributed by atoms with Gasteiger partial charge in [-0.05, 0) is 57.1 Å². The number of hydrogen-bond donors (Lipinski definition) is 1. The van der Waals surface area contributed by atoms with Crippen molar-refractivity contribution in [2.24, 2.45) is 0 Å². The summed E-state index contributed by atoms with van der Waals surface area (Å²) >= 11 is 1.71. The largest absolute Gasteiger partial charge is 0.323 e. The molecule has 0 saturated carbocycles. The van der Waals surface area contributed by atoms with Gasteiger partial charge in [0.1, 0.15) is 0 Å². The van der Waals surface area contributed by atoms with E-state index < -0.39 is 0 Å². The van der Waals surface area contributed by atoms with Crippen molar-refractivity contribution in [2.45, 2.75) is 58.9 Å². The molecule has 2 heterocycles. The van der Waals surface area contributed by atoms with Crippen molar-refractivity contribution in [3.05, 3.63) is 15.8 Å². The van der Waals surface area contributed by atoms with Crippen LogP contribution in [0.15, 0.2) is 5.38 Å². The first kappa shape index (κ1) is 18.5. The summed E-state index contributed by atoms with van der Waals surface area (Å²) in [5.74, 6) is 0.186. The summed E-state index contributed by atoms with van der Waals surface area (Å²) < 4.78 is 0. The number of hydrogen-bond acceptors (Lipinski definition) is 3. The Kier molecular flexibility index (Phi) is 7.71. The number of likely N-dealkylation sites (tertiary alicyclic amines) is 1. The van der Waals surface area contributed by atoms with Gasteiger partial charge in [0.25, 0.3) is 0 Å². The topological polar surface area (TPSA) is 32.3 Å². The third kappa shape index (κ3) is 4.70. The van der Waals surface area contributed by atoms with Crippen LogP contribution < -0.4 is 5.32 Å². The predicted molar refractivity (Wildman–Crippen MR) is 93.8 cm³/mol. The van der Waals surface area contributed by atoms with E-state index in [1.165, 1.54) is 36.1 Å². The van der Waals surface area contributed by atoms with Crippen LogP contribution >= 0.6 is 23.7 Å². The van der Waals surface area contributed by atoms with E-state index >= 15 is 0 Å². The molecule has 0 unspecified atom stereocenters. The zero-order chi connectivity index (χ0) is 14.5. The normalized spacial score (nSPS) is 19.1. The van der Waals surface area contributed by atoms with Crippen LogP contribution in [0.4, 0.5) is 5.69 Å². The molecular weight excluding hydrogens is 304 g/mol. The fraction of sp³-hybridized carbons (Fsp3) is 0.688. The van der Waals surface area contributed by atoms with Gasteiger partial charge in [0, 0.05) is 4.88 Å². The number of carbonyl (C=O) groups is 1. The molecule has 0 bridgehead atoms. The molecule has 0 radical (unpaired) electrons. The molecule has 0 spiro atoms. The molecule has 1 aromatic rings. The number of anilines is 1. The molecule has 1 N–H and O–H groups in total. The van der Waals surface area contributed by atoms with Gasteiger partial charge in [-0.2, -0.15) is 0 Å². The maximum atomic E-state index is 12.6. The third-order valence-electron chi connectivity index (χ3n) is 4.12. The van der Waals surface area contributed by atoms with Crippen molar-refractivity contribution in [1.29, 1.82) is 0 Å². The number of rotatable bonds is 5. The van der Waals surface area contributed by atoms with Crippen LogP contribution in [0.25, 0.3) is 0 Å². The molecule has 1 aromatic heterocycles. The van der Waals surface area contributed by atoms with Crippen molar-refractivity contribution in [3.8, 4) is 0 Å². The summed E-state index contributed by atoms with van der Waals surface area (Å²) in [5, 5.41) is 5.28. The molecule has 1 aliphatic heterocycles. The Bertz CT molecular complexity index is 442. The van der Waals surface area contributed by atoms with Crippen LogP contribution in [0, 0.1) is 13.8 Å². The molecule has 1 fully saturated rings. The molecule has 3 nitrogen and oxygen atoms in total. The van der Waals surface area contributed by atoms with Crippen LogP contribution in [0.2, 0.25) is 0 Å². The zero-order valence-corrected chi connectivity index (χ0v) is 14.9. The number of nitrogens with zero attached hydrogens (tertiary/aromatic N) is 1. The Hall–Kier alpha value is -0.580. The minimum absolute atomic E-state index is 0. The molecule has 5 heteroatoms. The van der Waals surface area contributed by atoms with Crippen molar-refractivity contribution in [3.63, 3.8) is 0 Å². The monoisotopic (exact) mass is 330 g/mol. The molecule has 0 aliphatic carbocycles. The highest BCUT2D eigenvalue weighted by Crippen LogP contribution is 2.27. The lowest BCUT2D eigenvalue weighted by Crippen LogP contribution is -2.47. The summed E-state index contributed by atoms with van der Waals surface area (Å²) in [6.07, 6.45) is 5.76. The second-order valence-electron chi connectivity index (χ2n) is 5.74. The SMILES string of the molecule is CCCCN1CCCC[C@H]1C(=O)Nc1c(C)csc1C.Cl. The van der Waals surface area contributed by atoms with Gasteiger partial charge in [-0.1, -0.05) is 19.8 Å². The average Bonchev–Trinajstić information content (AvgIpc) is 2.77. The van der Waals surface area contributed by atoms with E-state index in [4.69, 9.17) is 0 Å². The highest BCUT2D eigenvalue weighted by atomic mass is 35.5. The van der Waals surface area contributed by atoms with Crippen LogP contribution in [0.5, 0.6) is 0 Å². The molecule has 1 amide bonds. The fourth-order valence-corrected chi connectivity index (χ4v) is 3.68. The Balaban J connectivity index is 0.00000220. The molecule has 21 heavy (non-hydrogen) atoms. The number of piperidine rings is 1. The third-order valence-corrected chi connectivity index (χ3v) is 5.15. The van der Waals surface area contributed by atoms with Crippen LogP contribution in [-0.4, -0.2) is 29.9 Å². The number of unbranched alkanes of at least 4 members (excludes halogenated alkanes) is 1. The summed E-state index contributed by atoms with van der Waals surface area (Å²) in [6, 6.07) is 0.0639. The summed E-state index contributed by atoms with van der Waals surface area (Å²) in [7, 11) is 0. The highest BCUT2D eigenvalue weighted by Gasteiger charge is 2.28. The summed E-state index contributed by atoms with van der Waals surface area (Å²) in [6.45, 7) is 8.46. The van der Waals surface area contributed by atoms with E-state index in [2.05, 4.69) is 36.4 Å². The Morgan fingerprint density at radius 2 is 2.19 bits per heavy atom. The lowest BCUT2D eigenvalue weighted by atomic mass is 10.0. The molecule has 120 valence electrons. The van der Waals surface area contributed by atoms with Gasteiger partial charge >= 0.3 is 0 Å². The molecule has 0 aromatic carbocycles. The first-order valence-electron chi connectivity index (χ1n) is 7.73. The Labute approximate surface area is 138 Å². The van der Waals surface area contributed by atoms with E-state index in [-0.39, 0.29) is 24.4 Å². The minimum Gasteiger partial charge on any atom is -0.323 e.